The van der Waals surface area contributed by atoms with Crippen LogP contribution in [0.3, 0.4) is 0 Å². The lowest BCUT2D eigenvalue weighted by Gasteiger charge is -2.26. The van der Waals surface area contributed by atoms with E-state index in [1.807, 2.05) is 32.9 Å². The summed E-state index contributed by atoms with van der Waals surface area (Å²) in [6.07, 6.45) is 2.55. The molecule has 0 saturated carbocycles. The van der Waals surface area contributed by atoms with Gasteiger partial charge in [0.25, 0.3) is 0 Å². The van der Waals surface area contributed by atoms with Gasteiger partial charge in [0.1, 0.15) is 10.3 Å². The Morgan fingerprint density at radius 1 is 1.32 bits per heavy atom. The van der Waals surface area contributed by atoms with Crippen LogP contribution < -0.4 is 4.72 Å². The van der Waals surface area contributed by atoms with E-state index in [0.717, 1.165) is 17.4 Å². The Kier molecular flexibility index (Phi) is 4.23. The molecular weight excluding hydrogens is 258 g/mol. The molecule has 1 N–H and O–H groups in total. The van der Waals surface area contributed by atoms with E-state index in [0.29, 0.717) is 0 Å². The van der Waals surface area contributed by atoms with Crippen LogP contribution in [0.25, 0.3) is 11.0 Å². The van der Waals surface area contributed by atoms with Crippen LogP contribution in [0.1, 0.15) is 33.3 Å². The molecule has 0 amide bonds. The Morgan fingerprint density at radius 2 is 2.05 bits per heavy atom. The minimum Gasteiger partial charge on any atom is -0.598 e. The summed E-state index contributed by atoms with van der Waals surface area (Å²) in [5, 5.41) is 1.11. The largest absolute Gasteiger partial charge is 0.598 e. The van der Waals surface area contributed by atoms with Crippen molar-refractivity contribution in [1.29, 1.82) is 0 Å². The van der Waals surface area contributed by atoms with Crippen molar-refractivity contribution in [2.45, 2.75) is 44.9 Å². The fraction of sp³-hybridized carbons (Fsp3) is 0.467. The van der Waals surface area contributed by atoms with E-state index in [4.69, 9.17) is 4.42 Å². The second-order valence-corrected chi connectivity index (χ2v) is 7.89. The van der Waals surface area contributed by atoms with Crippen LogP contribution in [0.2, 0.25) is 0 Å². The molecular formula is C15H21NO2S. The second kappa shape index (κ2) is 5.57. The molecule has 4 heteroatoms. The van der Waals surface area contributed by atoms with E-state index in [1.165, 1.54) is 5.56 Å². The molecule has 0 aliphatic heterocycles. The molecule has 2 rings (SSSR count). The van der Waals surface area contributed by atoms with Gasteiger partial charge in [-0.1, -0.05) is 6.07 Å². The average molecular weight is 279 g/mol. The van der Waals surface area contributed by atoms with E-state index < -0.39 is 11.4 Å². The highest BCUT2D eigenvalue weighted by molar-refractivity contribution is 7.90. The molecule has 0 radical (unpaired) electrons. The lowest BCUT2D eigenvalue weighted by Crippen LogP contribution is -2.44. The smallest absolute Gasteiger partial charge is 0.136 e. The molecule has 0 fully saturated rings. The molecule has 0 saturated heterocycles. The normalized spacial score (nSPS) is 15.6. The van der Waals surface area contributed by atoms with Crippen molar-refractivity contribution >= 4 is 22.3 Å². The number of hydrogen-bond donors (Lipinski definition) is 1. The maximum Gasteiger partial charge on any atom is 0.136 e. The SMILES string of the molecule is CC(Cc1ccc2occc2c1)N[S+]([O-])C(C)(C)C. The van der Waals surface area contributed by atoms with Crippen molar-refractivity contribution in [1.82, 2.24) is 4.72 Å². The molecule has 0 aliphatic carbocycles. The summed E-state index contributed by atoms with van der Waals surface area (Å²) in [4.78, 5) is 0. The van der Waals surface area contributed by atoms with Crippen LogP contribution >= 0.6 is 0 Å². The molecule has 2 atom stereocenters. The van der Waals surface area contributed by atoms with Gasteiger partial charge in [-0.15, -0.1) is 4.72 Å². The van der Waals surface area contributed by atoms with E-state index in [2.05, 4.69) is 23.8 Å². The number of nitrogens with one attached hydrogen (secondary N) is 1. The van der Waals surface area contributed by atoms with Crippen LogP contribution in [-0.4, -0.2) is 15.3 Å². The maximum atomic E-state index is 12.0. The van der Waals surface area contributed by atoms with Gasteiger partial charge in [-0.05, 0) is 57.9 Å². The van der Waals surface area contributed by atoms with Crippen LogP contribution in [0, 0.1) is 0 Å². The van der Waals surface area contributed by atoms with Crippen molar-refractivity contribution in [3.8, 4) is 0 Å². The van der Waals surface area contributed by atoms with E-state index in [1.54, 1.807) is 6.26 Å². The number of benzene rings is 1. The molecule has 0 spiro atoms. The van der Waals surface area contributed by atoms with Crippen molar-refractivity contribution in [2.24, 2.45) is 0 Å². The molecule has 3 nitrogen and oxygen atoms in total. The van der Waals surface area contributed by atoms with Crippen LogP contribution in [0.4, 0.5) is 0 Å². The standard InChI is InChI=1S/C15H21NO2S/c1-11(16-19(17)15(2,3)4)9-12-5-6-14-13(10-12)7-8-18-14/h5-8,10-11,16H,9H2,1-4H3. The molecule has 2 unspecified atom stereocenters. The molecule has 1 heterocycles. The lowest BCUT2D eigenvalue weighted by atomic mass is 10.1. The minimum atomic E-state index is -1.03. The van der Waals surface area contributed by atoms with Crippen LogP contribution in [0.15, 0.2) is 34.9 Å². The van der Waals surface area contributed by atoms with E-state index in [-0.39, 0.29) is 10.8 Å². The molecule has 0 aliphatic rings. The summed E-state index contributed by atoms with van der Waals surface area (Å²) < 4.78 is 20.3. The van der Waals surface area contributed by atoms with Gasteiger partial charge in [0.15, 0.2) is 0 Å². The summed E-state index contributed by atoms with van der Waals surface area (Å²) in [6.45, 7) is 7.98. The molecule has 1 aromatic carbocycles. The Hall–Kier alpha value is -0.970. The van der Waals surface area contributed by atoms with Gasteiger partial charge in [-0.2, -0.15) is 0 Å². The highest BCUT2D eigenvalue weighted by atomic mass is 32.2. The first-order valence-corrected chi connectivity index (χ1v) is 7.65. The van der Waals surface area contributed by atoms with Crippen LogP contribution in [-0.2, 0) is 17.8 Å². The highest BCUT2D eigenvalue weighted by Crippen LogP contribution is 2.19. The van der Waals surface area contributed by atoms with Gasteiger partial charge >= 0.3 is 0 Å². The third-order valence-corrected chi connectivity index (χ3v) is 4.65. The van der Waals surface area contributed by atoms with Crippen LogP contribution in [0.5, 0.6) is 0 Å². The van der Waals surface area contributed by atoms with Gasteiger partial charge < -0.3 is 8.97 Å². The first kappa shape index (κ1) is 14.4. The number of hydrogen-bond acceptors (Lipinski definition) is 3. The van der Waals surface area contributed by atoms with Gasteiger partial charge in [0.2, 0.25) is 0 Å². The van der Waals surface area contributed by atoms with E-state index in [9.17, 15) is 4.55 Å². The summed E-state index contributed by atoms with van der Waals surface area (Å²) >= 11 is -1.03. The summed E-state index contributed by atoms with van der Waals surface area (Å²) in [5.74, 6) is 0. The fourth-order valence-corrected chi connectivity index (χ4v) is 2.70. The zero-order valence-electron chi connectivity index (χ0n) is 11.9. The van der Waals surface area contributed by atoms with Gasteiger partial charge in [-0.25, -0.2) is 0 Å². The topological polar surface area (TPSA) is 48.2 Å². The summed E-state index contributed by atoms with van der Waals surface area (Å²) in [6, 6.07) is 8.30. The zero-order valence-corrected chi connectivity index (χ0v) is 12.7. The minimum absolute atomic E-state index is 0.171. The van der Waals surface area contributed by atoms with Crippen molar-refractivity contribution < 1.29 is 8.97 Å². The van der Waals surface area contributed by atoms with Crippen molar-refractivity contribution in [2.75, 3.05) is 0 Å². The molecule has 19 heavy (non-hydrogen) atoms. The van der Waals surface area contributed by atoms with Gasteiger partial charge in [-0.3, -0.25) is 0 Å². The predicted molar refractivity (Wildman–Crippen MR) is 80.4 cm³/mol. The zero-order chi connectivity index (χ0) is 14.0. The fourth-order valence-electron chi connectivity index (χ4n) is 1.90. The second-order valence-electron chi connectivity index (χ2n) is 5.90. The Labute approximate surface area is 117 Å². The van der Waals surface area contributed by atoms with Crippen molar-refractivity contribution in [3.05, 3.63) is 36.1 Å². The maximum absolute atomic E-state index is 12.0. The first-order chi connectivity index (χ1) is 8.86. The number of fused-ring (bicyclic) bond motifs is 1. The Balaban J connectivity index is 2.00. The van der Waals surface area contributed by atoms with Gasteiger partial charge in [0, 0.05) is 16.7 Å². The average Bonchev–Trinajstić information content (AvgIpc) is 2.74. The number of furan rings is 1. The third kappa shape index (κ3) is 3.75. The third-order valence-electron chi connectivity index (χ3n) is 2.92. The van der Waals surface area contributed by atoms with Crippen molar-refractivity contribution in [3.63, 3.8) is 0 Å². The monoisotopic (exact) mass is 279 g/mol. The predicted octanol–water partition coefficient (Wildman–Crippen LogP) is 3.42. The molecule has 2 aromatic rings. The molecule has 0 bridgehead atoms. The summed E-state index contributed by atoms with van der Waals surface area (Å²) in [7, 11) is 0. The molecule has 104 valence electrons. The Bertz CT molecular complexity index is 544. The quantitative estimate of drug-likeness (QED) is 0.872. The van der Waals surface area contributed by atoms with Gasteiger partial charge in [0.05, 0.1) is 12.3 Å². The lowest BCUT2D eigenvalue weighted by molar-refractivity contribution is 0.526. The first-order valence-electron chi connectivity index (χ1n) is 6.50. The number of rotatable bonds is 4. The Morgan fingerprint density at radius 3 is 2.74 bits per heavy atom. The summed E-state index contributed by atoms with van der Waals surface area (Å²) in [5.41, 5.74) is 2.13. The molecule has 1 aromatic heterocycles. The van der Waals surface area contributed by atoms with E-state index >= 15 is 0 Å². The highest BCUT2D eigenvalue weighted by Gasteiger charge is 2.27.